The lowest BCUT2D eigenvalue weighted by molar-refractivity contribution is -0.116. The molecule has 2 aromatic rings. The molecular weight excluding hydrogens is 266 g/mol. The van der Waals surface area contributed by atoms with E-state index in [1.54, 1.807) is 6.20 Å². The number of benzene rings is 1. The molecule has 0 aliphatic carbocycles. The van der Waals surface area contributed by atoms with Gasteiger partial charge in [-0.15, -0.1) is 5.10 Å². The quantitative estimate of drug-likeness (QED) is 0.869. The van der Waals surface area contributed by atoms with Crippen LogP contribution in [0.5, 0.6) is 0 Å². The van der Waals surface area contributed by atoms with Crippen molar-refractivity contribution >= 4 is 11.6 Å². The summed E-state index contributed by atoms with van der Waals surface area (Å²) in [7, 11) is 0. The Labute approximate surface area is 124 Å². The first-order valence-electron chi connectivity index (χ1n) is 6.96. The summed E-state index contributed by atoms with van der Waals surface area (Å²) in [4.78, 5) is 12.1. The first-order valence-corrected chi connectivity index (χ1v) is 6.96. The largest absolute Gasteiger partial charge is 0.330 e. The van der Waals surface area contributed by atoms with Gasteiger partial charge in [0.05, 0.1) is 5.69 Å². The van der Waals surface area contributed by atoms with Gasteiger partial charge in [0, 0.05) is 18.3 Å². The van der Waals surface area contributed by atoms with Gasteiger partial charge >= 0.3 is 0 Å². The minimum absolute atomic E-state index is 0.116. The van der Waals surface area contributed by atoms with Crippen molar-refractivity contribution in [2.45, 2.75) is 33.7 Å². The minimum Gasteiger partial charge on any atom is -0.330 e. The molecule has 0 unspecified atom stereocenters. The minimum atomic E-state index is -0.116. The Balaban J connectivity index is 2.04. The molecule has 0 radical (unpaired) electrons. The molecule has 2 rings (SSSR count). The van der Waals surface area contributed by atoms with E-state index < -0.39 is 0 Å². The predicted octanol–water partition coefficient (Wildman–Crippen LogP) is 1.34. The highest BCUT2D eigenvalue weighted by atomic mass is 16.2. The van der Waals surface area contributed by atoms with E-state index >= 15 is 0 Å². The average Bonchev–Trinajstić information content (AvgIpc) is 2.81. The summed E-state index contributed by atoms with van der Waals surface area (Å²) in [6, 6.07) is 4.11. The Morgan fingerprint density at radius 1 is 1.29 bits per heavy atom. The van der Waals surface area contributed by atoms with Gasteiger partial charge < -0.3 is 11.1 Å². The van der Waals surface area contributed by atoms with Crippen LogP contribution in [0.2, 0.25) is 0 Å². The Kier molecular flexibility index (Phi) is 4.70. The molecule has 1 heterocycles. The first-order chi connectivity index (χ1) is 9.99. The Bertz CT molecular complexity index is 624. The fourth-order valence-electron chi connectivity index (χ4n) is 2.38. The van der Waals surface area contributed by atoms with Crippen molar-refractivity contribution in [3.05, 3.63) is 40.7 Å². The second kappa shape index (κ2) is 6.49. The maximum absolute atomic E-state index is 12.1. The lowest BCUT2D eigenvalue weighted by Gasteiger charge is -2.12. The van der Waals surface area contributed by atoms with Crippen LogP contribution in [0.25, 0.3) is 0 Å². The summed E-state index contributed by atoms with van der Waals surface area (Å²) in [6.45, 7) is 6.69. The van der Waals surface area contributed by atoms with Crippen LogP contribution in [0.1, 0.15) is 22.4 Å². The number of hydrogen-bond acceptors (Lipinski definition) is 4. The number of aryl methyl sites for hydroxylation is 3. The third-order valence-electron chi connectivity index (χ3n) is 3.23. The van der Waals surface area contributed by atoms with Crippen LogP contribution in [0.3, 0.4) is 0 Å². The van der Waals surface area contributed by atoms with Gasteiger partial charge in [-0.2, -0.15) is 0 Å². The summed E-state index contributed by atoms with van der Waals surface area (Å²) in [5, 5.41) is 10.8. The summed E-state index contributed by atoms with van der Waals surface area (Å²) < 4.78 is 1.53. The van der Waals surface area contributed by atoms with Crippen molar-refractivity contribution in [3.8, 4) is 0 Å². The number of rotatable bonds is 5. The molecule has 1 aromatic heterocycles. The molecule has 0 bridgehead atoms. The van der Waals surface area contributed by atoms with Gasteiger partial charge in [-0.1, -0.05) is 22.9 Å². The van der Waals surface area contributed by atoms with E-state index in [1.807, 2.05) is 20.8 Å². The Morgan fingerprint density at radius 2 is 1.95 bits per heavy atom. The smallest absolute Gasteiger partial charge is 0.246 e. The van der Waals surface area contributed by atoms with Crippen LogP contribution in [0, 0.1) is 20.8 Å². The van der Waals surface area contributed by atoms with Gasteiger partial charge in [0.15, 0.2) is 0 Å². The molecule has 21 heavy (non-hydrogen) atoms. The van der Waals surface area contributed by atoms with Crippen LogP contribution in [-0.2, 0) is 17.8 Å². The first kappa shape index (κ1) is 15.2. The van der Waals surface area contributed by atoms with E-state index in [0.29, 0.717) is 13.0 Å². The molecule has 6 heteroatoms. The van der Waals surface area contributed by atoms with Gasteiger partial charge in [0.25, 0.3) is 0 Å². The second-order valence-corrected chi connectivity index (χ2v) is 5.27. The van der Waals surface area contributed by atoms with Gasteiger partial charge in [-0.3, -0.25) is 4.79 Å². The van der Waals surface area contributed by atoms with Gasteiger partial charge in [-0.25, -0.2) is 4.68 Å². The number of anilines is 1. The maximum Gasteiger partial charge on any atom is 0.246 e. The highest BCUT2D eigenvalue weighted by Crippen LogP contribution is 2.21. The number of carbonyl (C=O) groups excluding carboxylic acids is 1. The average molecular weight is 287 g/mol. The van der Waals surface area contributed by atoms with Crippen LogP contribution in [0.15, 0.2) is 18.3 Å². The summed E-state index contributed by atoms with van der Waals surface area (Å²) in [6.07, 6.45) is 2.42. The molecule has 0 aliphatic rings. The molecule has 0 saturated carbocycles. The van der Waals surface area contributed by atoms with Crippen molar-refractivity contribution in [1.82, 2.24) is 15.0 Å². The predicted molar refractivity (Wildman–Crippen MR) is 82.1 cm³/mol. The van der Waals surface area contributed by atoms with E-state index in [1.165, 1.54) is 10.2 Å². The van der Waals surface area contributed by atoms with Gasteiger partial charge in [0.1, 0.15) is 6.54 Å². The van der Waals surface area contributed by atoms with Crippen molar-refractivity contribution in [2.24, 2.45) is 5.73 Å². The monoisotopic (exact) mass is 287 g/mol. The van der Waals surface area contributed by atoms with Crippen molar-refractivity contribution < 1.29 is 4.79 Å². The van der Waals surface area contributed by atoms with Crippen LogP contribution in [0.4, 0.5) is 5.69 Å². The number of hydrogen-bond donors (Lipinski definition) is 2. The van der Waals surface area contributed by atoms with Crippen LogP contribution in [-0.4, -0.2) is 27.4 Å². The fourth-order valence-corrected chi connectivity index (χ4v) is 2.38. The molecular formula is C15H21N5O. The summed E-state index contributed by atoms with van der Waals surface area (Å²) >= 11 is 0. The highest BCUT2D eigenvalue weighted by Gasteiger charge is 2.10. The SMILES string of the molecule is Cc1cc(C)c(NC(=O)Cn2cc(CCN)nn2)c(C)c1. The standard InChI is InChI=1S/C15H21N5O/c1-10-6-11(2)15(12(3)7-10)17-14(21)9-20-8-13(4-5-16)18-19-20/h6-8H,4-5,9,16H2,1-3H3,(H,17,21). The zero-order chi connectivity index (χ0) is 15.4. The fraction of sp³-hybridized carbons (Fsp3) is 0.400. The third-order valence-corrected chi connectivity index (χ3v) is 3.23. The van der Waals surface area contributed by atoms with Crippen molar-refractivity contribution in [1.29, 1.82) is 0 Å². The van der Waals surface area contributed by atoms with Crippen molar-refractivity contribution in [2.75, 3.05) is 11.9 Å². The molecule has 0 atom stereocenters. The maximum atomic E-state index is 12.1. The van der Waals surface area contributed by atoms with E-state index in [0.717, 1.165) is 22.5 Å². The lowest BCUT2D eigenvalue weighted by Crippen LogP contribution is -2.20. The number of nitrogens with one attached hydrogen (secondary N) is 1. The number of nitrogens with two attached hydrogens (primary N) is 1. The summed E-state index contributed by atoms with van der Waals surface area (Å²) in [5.41, 5.74) is 10.4. The second-order valence-electron chi connectivity index (χ2n) is 5.27. The normalized spacial score (nSPS) is 10.7. The zero-order valence-electron chi connectivity index (χ0n) is 12.7. The van der Waals surface area contributed by atoms with E-state index in [9.17, 15) is 4.79 Å². The topological polar surface area (TPSA) is 85.8 Å². The van der Waals surface area contributed by atoms with Crippen LogP contribution < -0.4 is 11.1 Å². The Morgan fingerprint density at radius 3 is 2.57 bits per heavy atom. The number of aromatic nitrogens is 3. The zero-order valence-corrected chi connectivity index (χ0v) is 12.7. The highest BCUT2D eigenvalue weighted by molar-refractivity contribution is 5.92. The van der Waals surface area contributed by atoms with Gasteiger partial charge in [0.2, 0.25) is 5.91 Å². The van der Waals surface area contributed by atoms with Crippen molar-refractivity contribution in [3.63, 3.8) is 0 Å². The van der Waals surface area contributed by atoms with Crippen LogP contribution >= 0.6 is 0 Å². The molecule has 0 spiro atoms. The number of nitrogens with zero attached hydrogens (tertiary/aromatic N) is 3. The van der Waals surface area contributed by atoms with E-state index in [2.05, 4.69) is 27.8 Å². The van der Waals surface area contributed by atoms with E-state index in [-0.39, 0.29) is 12.5 Å². The third kappa shape index (κ3) is 3.88. The molecule has 112 valence electrons. The number of carbonyl (C=O) groups is 1. The number of amides is 1. The molecule has 1 aromatic carbocycles. The molecule has 0 fully saturated rings. The molecule has 6 nitrogen and oxygen atoms in total. The molecule has 1 amide bonds. The molecule has 0 saturated heterocycles. The van der Waals surface area contributed by atoms with E-state index in [4.69, 9.17) is 5.73 Å². The summed E-state index contributed by atoms with van der Waals surface area (Å²) in [5.74, 6) is -0.116. The molecule has 0 aliphatic heterocycles. The lowest BCUT2D eigenvalue weighted by atomic mass is 10.1. The Hall–Kier alpha value is -2.21. The van der Waals surface area contributed by atoms with Gasteiger partial charge in [-0.05, 0) is 38.4 Å². The molecule has 3 N–H and O–H groups in total.